The highest BCUT2D eigenvalue weighted by Gasteiger charge is 2.08. The zero-order chi connectivity index (χ0) is 19.4. The predicted octanol–water partition coefficient (Wildman–Crippen LogP) is 2.76. The molecule has 7 nitrogen and oxygen atoms in total. The Bertz CT molecular complexity index is 747. The summed E-state index contributed by atoms with van der Waals surface area (Å²) < 4.78 is 34.0. The van der Waals surface area contributed by atoms with Gasteiger partial charge in [-0.25, -0.2) is 0 Å². The van der Waals surface area contributed by atoms with Gasteiger partial charge in [-0.05, 0) is 30.3 Å². The van der Waals surface area contributed by atoms with Gasteiger partial charge in [-0.2, -0.15) is 0 Å². The minimum atomic E-state index is 0.328. The monoisotopic (exact) mass is 388 g/mol. The summed E-state index contributed by atoms with van der Waals surface area (Å²) in [6.45, 7) is 3.11. The van der Waals surface area contributed by atoms with Gasteiger partial charge in [0.05, 0.1) is 26.4 Å². The second-order valence-electron chi connectivity index (χ2n) is 5.89. The number of para-hydroxylation sites is 2. The van der Waals surface area contributed by atoms with E-state index >= 15 is 0 Å². The molecule has 3 rings (SSSR count). The van der Waals surface area contributed by atoms with Gasteiger partial charge in [-0.15, -0.1) is 0 Å². The van der Waals surface area contributed by atoms with Crippen molar-refractivity contribution in [3.63, 3.8) is 0 Å². The van der Waals surface area contributed by atoms with E-state index in [1.807, 2.05) is 24.3 Å². The van der Waals surface area contributed by atoms with Crippen molar-refractivity contribution in [1.29, 1.82) is 0 Å². The zero-order valence-corrected chi connectivity index (χ0v) is 15.6. The number of hydrogen-bond donors (Lipinski definition) is 0. The maximum atomic E-state index is 11.0. The fourth-order valence-corrected chi connectivity index (χ4v) is 2.56. The van der Waals surface area contributed by atoms with E-state index in [2.05, 4.69) is 0 Å². The van der Waals surface area contributed by atoms with Crippen LogP contribution in [-0.4, -0.2) is 59.1 Å². The molecule has 1 heterocycles. The van der Waals surface area contributed by atoms with Gasteiger partial charge in [0.1, 0.15) is 32.7 Å². The minimum Gasteiger partial charge on any atom is -0.487 e. The van der Waals surface area contributed by atoms with Gasteiger partial charge >= 0.3 is 0 Å². The second kappa shape index (κ2) is 11.2. The molecule has 0 bridgehead atoms. The third kappa shape index (κ3) is 6.14. The normalized spacial score (nSPS) is 16.4. The summed E-state index contributed by atoms with van der Waals surface area (Å²) in [6.07, 6.45) is 0.768. The van der Waals surface area contributed by atoms with E-state index in [-0.39, 0.29) is 0 Å². The molecule has 0 atom stereocenters. The minimum absolute atomic E-state index is 0.328. The molecule has 0 spiro atoms. The van der Waals surface area contributed by atoms with Gasteiger partial charge < -0.3 is 28.4 Å². The SMILES string of the molecule is O=Cc1ccc2c(c1)OCCOCCOc1ccccc1OCCOCCO2. The van der Waals surface area contributed by atoms with E-state index in [1.165, 1.54) is 0 Å². The van der Waals surface area contributed by atoms with Gasteiger partial charge in [0, 0.05) is 5.56 Å². The molecule has 2 aromatic carbocycles. The Morgan fingerprint density at radius 2 is 1.04 bits per heavy atom. The molecule has 2 aromatic rings. The van der Waals surface area contributed by atoms with Crippen molar-refractivity contribution in [3.05, 3.63) is 48.0 Å². The molecule has 0 N–H and O–H groups in total. The molecular formula is C21H24O7. The van der Waals surface area contributed by atoms with E-state index in [9.17, 15) is 4.79 Å². The van der Waals surface area contributed by atoms with Gasteiger partial charge in [-0.1, -0.05) is 12.1 Å². The van der Waals surface area contributed by atoms with Crippen LogP contribution in [-0.2, 0) is 9.47 Å². The van der Waals surface area contributed by atoms with Gasteiger partial charge in [-0.3, -0.25) is 4.79 Å². The second-order valence-corrected chi connectivity index (χ2v) is 5.89. The third-order valence-electron chi connectivity index (χ3n) is 3.89. The van der Waals surface area contributed by atoms with E-state index in [0.29, 0.717) is 81.4 Å². The van der Waals surface area contributed by atoms with Gasteiger partial charge in [0.15, 0.2) is 23.0 Å². The Balaban J connectivity index is 1.60. The molecule has 0 amide bonds. The zero-order valence-electron chi connectivity index (χ0n) is 15.6. The maximum Gasteiger partial charge on any atom is 0.162 e. The number of rotatable bonds is 1. The molecule has 0 aliphatic carbocycles. The fraction of sp³-hybridized carbons (Fsp3) is 0.381. The molecule has 0 aromatic heterocycles. The number of carbonyl (C=O) groups is 1. The van der Waals surface area contributed by atoms with Crippen LogP contribution >= 0.6 is 0 Å². The van der Waals surface area contributed by atoms with Crippen molar-refractivity contribution in [2.75, 3.05) is 52.9 Å². The Hall–Kier alpha value is -2.77. The summed E-state index contributed by atoms with van der Waals surface area (Å²) in [4.78, 5) is 11.0. The number of hydrogen-bond acceptors (Lipinski definition) is 7. The molecule has 150 valence electrons. The molecule has 28 heavy (non-hydrogen) atoms. The molecule has 1 aliphatic heterocycles. The van der Waals surface area contributed by atoms with Crippen molar-refractivity contribution in [1.82, 2.24) is 0 Å². The highest BCUT2D eigenvalue weighted by molar-refractivity contribution is 5.76. The first-order valence-corrected chi connectivity index (χ1v) is 9.22. The number of fused-ring (bicyclic) bond motifs is 2. The average Bonchev–Trinajstić information content (AvgIpc) is 2.73. The number of ether oxygens (including phenoxy) is 6. The summed E-state index contributed by atoms with van der Waals surface area (Å²) in [6, 6.07) is 12.5. The van der Waals surface area contributed by atoms with Gasteiger partial charge in [0.2, 0.25) is 0 Å². The van der Waals surface area contributed by atoms with Crippen molar-refractivity contribution in [3.8, 4) is 23.0 Å². The average molecular weight is 388 g/mol. The Labute approximate surface area is 164 Å². The van der Waals surface area contributed by atoms with E-state index in [0.717, 1.165) is 6.29 Å². The largest absolute Gasteiger partial charge is 0.487 e. The van der Waals surface area contributed by atoms with Crippen LogP contribution in [0, 0.1) is 0 Å². The van der Waals surface area contributed by atoms with Crippen molar-refractivity contribution in [2.45, 2.75) is 0 Å². The molecule has 0 unspecified atom stereocenters. The van der Waals surface area contributed by atoms with Crippen molar-refractivity contribution in [2.24, 2.45) is 0 Å². The lowest BCUT2D eigenvalue weighted by atomic mass is 10.2. The molecule has 0 radical (unpaired) electrons. The number of benzene rings is 2. The van der Waals surface area contributed by atoms with E-state index in [1.54, 1.807) is 18.2 Å². The summed E-state index contributed by atoms with van der Waals surface area (Å²) in [5, 5.41) is 0. The molecule has 1 aliphatic rings. The lowest BCUT2D eigenvalue weighted by Gasteiger charge is -2.15. The molecule has 0 saturated heterocycles. The number of carbonyl (C=O) groups excluding carboxylic acids is 1. The topological polar surface area (TPSA) is 72.5 Å². The third-order valence-corrected chi connectivity index (χ3v) is 3.89. The van der Waals surface area contributed by atoms with Crippen LogP contribution in [0.4, 0.5) is 0 Å². The first-order valence-electron chi connectivity index (χ1n) is 9.22. The summed E-state index contributed by atoms with van der Waals surface area (Å²) in [5.74, 6) is 2.40. The first kappa shape index (κ1) is 20.0. The molecule has 0 saturated carbocycles. The quantitative estimate of drug-likeness (QED) is 0.696. The highest BCUT2D eigenvalue weighted by atomic mass is 16.6. The lowest BCUT2D eigenvalue weighted by Crippen LogP contribution is -2.15. The van der Waals surface area contributed by atoms with E-state index < -0.39 is 0 Å². The molecule has 7 heteroatoms. The first-order chi connectivity index (χ1) is 13.9. The van der Waals surface area contributed by atoms with Crippen LogP contribution in [0.2, 0.25) is 0 Å². The number of aldehydes is 1. The Kier molecular flexibility index (Phi) is 7.96. The fourth-order valence-electron chi connectivity index (χ4n) is 2.56. The predicted molar refractivity (Wildman–Crippen MR) is 102 cm³/mol. The Morgan fingerprint density at radius 3 is 1.54 bits per heavy atom. The van der Waals surface area contributed by atoms with Crippen LogP contribution < -0.4 is 18.9 Å². The summed E-state index contributed by atoms with van der Waals surface area (Å²) in [5.41, 5.74) is 0.519. The molecular weight excluding hydrogens is 364 g/mol. The summed E-state index contributed by atoms with van der Waals surface area (Å²) >= 11 is 0. The van der Waals surface area contributed by atoms with Crippen LogP contribution in [0.25, 0.3) is 0 Å². The van der Waals surface area contributed by atoms with Crippen LogP contribution in [0.3, 0.4) is 0 Å². The van der Waals surface area contributed by atoms with Crippen LogP contribution in [0.1, 0.15) is 10.4 Å². The van der Waals surface area contributed by atoms with Crippen molar-refractivity contribution < 1.29 is 33.2 Å². The van der Waals surface area contributed by atoms with Crippen molar-refractivity contribution >= 4 is 6.29 Å². The lowest BCUT2D eigenvalue weighted by molar-refractivity contribution is 0.0640. The summed E-state index contributed by atoms with van der Waals surface area (Å²) in [7, 11) is 0. The van der Waals surface area contributed by atoms with E-state index in [4.69, 9.17) is 28.4 Å². The molecule has 0 fully saturated rings. The van der Waals surface area contributed by atoms with Crippen LogP contribution in [0.5, 0.6) is 23.0 Å². The Morgan fingerprint density at radius 1 is 0.571 bits per heavy atom. The highest BCUT2D eigenvalue weighted by Crippen LogP contribution is 2.28. The van der Waals surface area contributed by atoms with Crippen LogP contribution in [0.15, 0.2) is 42.5 Å². The van der Waals surface area contributed by atoms with Gasteiger partial charge in [0.25, 0.3) is 0 Å². The standard InChI is InChI=1S/C21H24O7/c22-16-17-5-6-20-21(15-17)28-14-10-24-8-12-26-19-4-2-1-3-18(19)25-11-7-23-9-13-27-20/h1-6,15-16H,7-14H2. The smallest absolute Gasteiger partial charge is 0.162 e. The maximum absolute atomic E-state index is 11.0.